The topological polar surface area (TPSA) is 32.3 Å². The molecule has 3 heteroatoms. The van der Waals surface area contributed by atoms with Crippen molar-refractivity contribution in [2.45, 2.75) is 52.0 Å². The molecular weight excluding hydrogens is 212 g/mol. The Morgan fingerprint density at radius 1 is 1.35 bits per heavy atom. The Morgan fingerprint density at radius 2 is 2.06 bits per heavy atom. The van der Waals surface area contributed by atoms with E-state index < -0.39 is 0 Å². The van der Waals surface area contributed by atoms with E-state index in [4.69, 9.17) is 0 Å². The van der Waals surface area contributed by atoms with E-state index in [9.17, 15) is 4.79 Å². The van der Waals surface area contributed by atoms with Crippen LogP contribution in [0.4, 0.5) is 0 Å². The minimum absolute atomic E-state index is 0.0904. The minimum atomic E-state index is 0.0904. The zero-order chi connectivity index (χ0) is 12.5. The van der Waals surface area contributed by atoms with Gasteiger partial charge in [0, 0.05) is 5.54 Å². The molecule has 2 saturated carbocycles. The van der Waals surface area contributed by atoms with Crippen LogP contribution in [-0.2, 0) is 4.79 Å². The highest BCUT2D eigenvalue weighted by atomic mass is 16.2. The highest BCUT2D eigenvalue weighted by Gasteiger charge is 2.48. The van der Waals surface area contributed by atoms with Gasteiger partial charge < -0.3 is 5.32 Å². The van der Waals surface area contributed by atoms with E-state index in [1.54, 1.807) is 0 Å². The molecule has 0 spiro atoms. The van der Waals surface area contributed by atoms with Crippen molar-refractivity contribution in [1.82, 2.24) is 10.2 Å². The average Bonchev–Trinajstić information content (AvgIpc) is 2.85. The third-order valence-electron chi connectivity index (χ3n) is 4.84. The van der Waals surface area contributed by atoms with E-state index in [-0.39, 0.29) is 11.4 Å². The second-order valence-corrected chi connectivity index (χ2v) is 6.01. The van der Waals surface area contributed by atoms with Crippen LogP contribution in [0.2, 0.25) is 0 Å². The number of hydrogen-bond acceptors (Lipinski definition) is 2. The van der Waals surface area contributed by atoms with Crippen molar-refractivity contribution in [2.24, 2.45) is 11.8 Å². The first-order chi connectivity index (χ1) is 8.07. The van der Waals surface area contributed by atoms with E-state index in [1.807, 2.05) is 0 Å². The smallest absolute Gasteiger partial charge is 0.234 e. The summed E-state index contributed by atoms with van der Waals surface area (Å²) in [6, 6.07) is 0. The third-order valence-corrected chi connectivity index (χ3v) is 4.84. The molecule has 1 amide bonds. The largest absolute Gasteiger partial charge is 0.350 e. The van der Waals surface area contributed by atoms with Gasteiger partial charge in [-0.05, 0) is 57.5 Å². The molecule has 3 atom stereocenters. The quantitative estimate of drug-likeness (QED) is 0.795. The summed E-state index contributed by atoms with van der Waals surface area (Å²) in [6.45, 7) is 8.92. The molecule has 0 unspecified atom stereocenters. The lowest BCUT2D eigenvalue weighted by atomic mass is 9.82. The Labute approximate surface area is 105 Å². The summed E-state index contributed by atoms with van der Waals surface area (Å²) < 4.78 is 0. The summed E-state index contributed by atoms with van der Waals surface area (Å²) in [4.78, 5) is 14.2. The number of carbonyl (C=O) groups is 1. The predicted octanol–water partition coefficient (Wildman–Crippen LogP) is 2.02. The summed E-state index contributed by atoms with van der Waals surface area (Å²) in [5.41, 5.74) is 0.0904. The van der Waals surface area contributed by atoms with Gasteiger partial charge >= 0.3 is 0 Å². The van der Waals surface area contributed by atoms with E-state index in [0.717, 1.165) is 24.9 Å². The van der Waals surface area contributed by atoms with Gasteiger partial charge in [-0.2, -0.15) is 0 Å². The fourth-order valence-electron chi connectivity index (χ4n) is 3.77. The molecule has 0 aromatic heterocycles. The van der Waals surface area contributed by atoms with Gasteiger partial charge in [0.05, 0.1) is 6.54 Å². The Kier molecular flexibility index (Phi) is 3.76. The number of fused-ring (bicyclic) bond motifs is 2. The van der Waals surface area contributed by atoms with E-state index >= 15 is 0 Å². The maximum Gasteiger partial charge on any atom is 0.234 e. The van der Waals surface area contributed by atoms with E-state index in [1.165, 1.54) is 25.7 Å². The lowest BCUT2D eigenvalue weighted by Crippen LogP contribution is -2.52. The fraction of sp³-hybridized carbons (Fsp3) is 0.929. The highest BCUT2D eigenvalue weighted by Crippen LogP contribution is 2.50. The number of amides is 1. The zero-order valence-electron chi connectivity index (χ0n) is 11.5. The number of nitrogens with zero attached hydrogens (tertiary/aromatic N) is 1. The van der Waals surface area contributed by atoms with Gasteiger partial charge in [-0.3, -0.25) is 9.69 Å². The predicted molar refractivity (Wildman–Crippen MR) is 69.8 cm³/mol. The summed E-state index contributed by atoms with van der Waals surface area (Å²) in [6.07, 6.45) is 5.22. The molecule has 17 heavy (non-hydrogen) atoms. The normalized spacial score (nSPS) is 35.5. The first-order valence-electron chi connectivity index (χ1n) is 7.10. The minimum Gasteiger partial charge on any atom is -0.350 e. The molecule has 0 aromatic rings. The molecule has 0 radical (unpaired) electrons. The average molecular weight is 238 g/mol. The lowest BCUT2D eigenvalue weighted by Gasteiger charge is -2.35. The first kappa shape index (κ1) is 12.9. The molecule has 3 nitrogen and oxygen atoms in total. The van der Waals surface area contributed by atoms with E-state index in [0.29, 0.717) is 6.54 Å². The lowest BCUT2D eigenvalue weighted by molar-refractivity contribution is -0.124. The van der Waals surface area contributed by atoms with Gasteiger partial charge in [-0.15, -0.1) is 0 Å². The van der Waals surface area contributed by atoms with Crippen molar-refractivity contribution >= 4 is 5.91 Å². The molecule has 0 heterocycles. The number of carbonyl (C=O) groups excluding carboxylic acids is 1. The van der Waals surface area contributed by atoms with Gasteiger partial charge in [0.25, 0.3) is 0 Å². The second-order valence-electron chi connectivity index (χ2n) is 6.01. The first-order valence-corrected chi connectivity index (χ1v) is 7.10. The second kappa shape index (κ2) is 4.97. The fourth-order valence-corrected chi connectivity index (χ4v) is 3.77. The molecule has 2 bridgehead atoms. The molecule has 1 N–H and O–H groups in total. The van der Waals surface area contributed by atoms with Crippen LogP contribution in [0, 0.1) is 11.8 Å². The Balaban J connectivity index is 1.86. The molecule has 98 valence electrons. The molecule has 2 fully saturated rings. The maximum atomic E-state index is 12.1. The summed E-state index contributed by atoms with van der Waals surface area (Å²) in [5.74, 6) is 1.82. The molecule has 0 saturated heterocycles. The zero-order valence-corrected chi connectivity index (χ0v) is 11.5. The molecule has 0 aromatic carbocycles. The highest BCUT2D eigenvalue weighted by molar-refractivity contribution is 5.79. The monoisotopic (exact) mass is 238 g/mol. The van der Waals surface area contributed by atoms with Crippen molar-refractivity contribution < 1.29 is 4.79 Å². The van der Waals surface area contributed by atoms with Crippen LogP contribution in [0.5, 0.6) is 0 Å². The molecular formula is C14H26N2O. The third kappa shape index (κ3) is 2.65. The standard InChI is InChI=1S/C14H26N2O/c1-4-16(5-2)10-13(17)15-14(3)9-11-6-7-12(14)8-11/h11-12H,4-10H2,1-3H3,(H,15,17)/t11-,12-,14+/m0/s1. The Morgan fingerprint density at radius 3 is 2.53 bits per heavy atom. The maximum absolute atomic E-state index is 12.1. The van der Waals surface area contributed by atoms with Crippen LogP contribution in [0.15, 0.2) is 0 Å². The number of rotatable bonds is 5. The van der Waals surface area contributed by atoms with Crippen LogP contribution >= 0.6 is 0 Å². The SMILES string of the molecule is CCN(CC)CC(=O)N[C@]1(C)C[C@H]2CC[C@H]1C2. The van der Waals surface area contributed by atoms with Crippen molar-refractivity contribution in [3.63, 3.8) is 0 Å². The molecule has 2 rings (SSSR count). The summed E-state index contributed by atoms with van der Waals surface area (Å²) >= 11 is 0. The number of hydrogen-bond donors (Lipinski definition) is 1. The molecule has 0 aliphatic heterocycles. The van der Waals surface area contributed by atoms with Crippen molar-refractivity contribution in [3.05, 3.63) is 0 Å². The van der Waals surface area contributed by atoms with Crippen molar-refractivity contribution in [2.75, 3.05) is 19.6 Å². The van der Waals surface area contributed by atoms with Crippen molar-refractivity contribution in [3.8, 4) is 0 Å². The van der Waals surface area contributed by atoms with E-state index in [2.05, 4.69) is 31.0 Å². The van der Waals surface area contributed by atoms with Gasteiger partial charge in [0.2, 0.25) is 5.91 Å². The summed E-state index contributed by atoms with van der Waals surface area (Å²) in [7, 11) is 0. The van der Waals surface area contributed by atoms with Gasteiger partial charge in [-0.25, -0.2) is 0 Å². The van der Waals surface area contributed by atoms with Gasteiger partial charge in [-0.1, -0.05) is 13.8 Å². The number of nitrogens with one attached hydrogen (secondary N) is 1. The molecule has 2 aliphatic carbocycles. The van der Waals surface area contributed by atoms with Gasteiger partial charge in [0.15, 0.2) is 0 Å². The van der Waals surface area contributed by atoms with Crippen LogP contribution in [0.25, 0.3) is 0 Å². The summed E-state index contributed by atoms with van der Waals surface area (Å²) in [5, 5.41) is 3.31. The van der Waals surface area contributed by atoms with Crippen LogP contribution in [0.3, 0.4) is 0 Å². The van der Waals surface area contributed by atoms with Gasteiger partial charge in [0.1, 0.15) is 0 Å². The molecule has 2 aliphatic rings. The van der Waals surface area contributed by atoms with Crippen LogP contribution in [0.1, 0.15) is 46.5 Å². The van der Waals surface area contributed by atoms with Crippen LogP contribution in [-0.4, -0.2) is 36.0 Å². The van der Waals surface area contributed by atoms with Crippen LogP contribution < -0.4 is 5.32 Å². The Hall–Kier alpha value is -0.570. The number of likely N-dealkylation sites (N-methyl/N-ethyl adjacent to an activating group) is 1. The van der Waals surface area contributed by atoms with Crippen molar-refractivity contribution in [1.29, 1.82) is 0 Å². The Bertz CT molecular complexity index is 288.